The van der Waals surface area contributed by atoms with Crippen molar-refractivity contribution < 1.29 is 13.2 Å². The van der Waals surface area contributed by atoms with Gasteiger partial charge in [-0.2, -0.15) is 5.26 Å². The van der Waals surface area contributed by atoms with Gasteiger partial charge >= 0.3 is 0 Å². The van der Waals surface area contributed by atoms with Gasteiger partial charge in [-0.15, -0.1) is 0 Å². The second-order valence-electron chi connectivity index (χ2n) is 6.02. The first-order chi connectivity index (χ1) is 10.8. The molecule has 1 fully saturated rings. The number of benzene rings is 1. The van der Waals surface area contributed by atoms with Gasteiger partial charge < -0.3 is 10.1 Å². The molecule has 0 unspecified atom stereocenters. The summed E-state index contributed by atoms with van der Waals surface area (Å²) in [5, 5.41) is 12.6. The number of rotatable bonds is 5. The maximum Gasteiger partial charge on any atom is 0.211 e. The average molecular weight is 337 g/mol. The number of nitrogens with one attached hydrogen (secondary N) is 1. The predicted octanol–water partition coefficient (Wildman–Crippen LogP) is 1.33. The molecule has 1 heterocycles. The molecule has 1 N–H and O–H groups in total. The molecule has 0 aromatic heterocycles. The van der Waals surface area contributed by atoms with E-state index in [-0.39, 0.29) is 12.0 Å². The highest BCUT2D eigenvalue weighted by Crippen LogP contribution is 2.21. The predicted molar refractivity (Wildman–Crippen MR) is 88.5 cm³/mol. The Morgan fingerprint density at radius 3 is 2.78 bits per heavy atom. The Morgan fingerprint density at radius 2 is 2.22 bits per heavy atom. The number of hydrogen-bond donors (Lipinski definition) is 1. The van der Waals surface area contributed by atoms with Gasteiger partial charge in [0.1, 0.15) is 11.8 Å². The zero-order valence-corrected chi connectivity index (χ0v) is 14.6. The molecular formula is C16H23N3O3S. The largest absolute Gasteiger partial charge is 0.495 e. The van der Waals surface area contributed by atoms with E-state index in [0.29, 0.717) is 30.9 Å². The van der Waals surface area contributed by atoms with E-state index < -0.39 is 10.0 Å². The van der Waals surface area contributed by atoms with E-state index in [4.69, 9.17) is 10.00 Å². The Kier molecular flexibility index (Phi) is 5.63. The van der Waals surface area contributed by atoms with Gasteiger partial charge in [0, 0.05) is 25.7 Å². The van der Waals surface area contributed by atoms with Gasteiger partial charge in [0.2, 0.25) is 10.0 Å². The average Bonchev–Trinajstić information content (AvgIpc) is 2.52. The van der Waals surface area contributed by atoms with Crippen LogP contribution < -0.4 is 10.1 Å². The molecule has 1 aromatic carbocycles. The lowest BCUT2D eigenvalue weighted by atomic mass is 9.95. The maximum absolute atomic E-state index is 11.6. The van der Waals surface area contributed by atoms with Gasteiger partial charge in [-0.05, 0) is 30.0 Å². The number of methoxy groups -OCH3 is 1. The van der Waals surface area contributed by atoms with Crippen molar-refractivity contribution in [3.63, 3.8) is 0 Å². The molecule has 1 saturated heterocycles. The number of hydrogen-bond acceptors (Lipinski definition) is 5. The Morgan fingerprint density at radius 1 is 1.48 bits per heavy atom. The quantitative estimate of drug-likeness (QED) is 0.876. The van der Waals surface area contributed by atoms with Crippen LogP contribution in [-0.4, -0.2) is 45.2 Å². The van der Waals surface area contributed by atoms with E-state index in [1.54, 1.807) is 13.2 Å². The molecule has 0 radical (unpaired) electrons. The van der Waals surface area contributed by atoms with Crippen LogP contribution >= 0.6 is 0 Å². The molecule has 1 aliphatic rings. The van der Waals surface area contributed by atoms with E-state index in [2.05, 4.69) is 18.3 Å². The molecule has 0 bridgehead atoms. The summed E-state index contributed by atoms with van der Waals surface area (Å²) in [6.45, 7) is 3.80. The van der Waals surface area contributed by atoms with E-state index in [1.807, 2.05) is 12.1 Å². The smallest absolute Gasteiger partial charge is 0.211 e. The summed E-state index contributed by atoms with van der Waals surface area (Å²) in [7, 11) is -1.56. The van der Waals surface area contributed by atoms with Crippen LogP contribution in [0.25, 0.3) is 0 Å². The molecule has 1 aromatic rings. The van der Waals surface area contributed by atoms with E-state index in [1.165, 1.54) is 10.6 Å². The number of ether oxygens (including phenoxy) is 1. The van der Waals surface area contributed by atoms with Crippen LogP contribution in [0.5, 0.6) is 5.75 Å². The normalized spacial score (nSPS) is 22.5. The minimum atomic E-state index is -3.11. The Bertz CT molecular complexity index is 697. The third-order valence-corrected chi connectivity index (χ3v) is 5.56. The van der Waals surface area contributed by atoms with Crippen LogP contribution in [0.3, 0.4) is 0 Å². The first-order valence-electron chi connectivity index (χ1n) is 7.60. The highest BCUT2D eigenvalue weighted by Gasteiger charge is 2.29. The third-order valence-electron chi connectivity index (χ3n) is 4.29. The molecule has 1 aliphatic heterocycles. The van der Waals surface area contributed by atoms with Crippen molar-refractivity contribution >= 4 is 10.0 Å². The zero-order valence-electron chi connectivity index (χ0n) is 13.7. The van der Waals surface area contributed by atoms with Gasteiger partial charge in [0.05, 0.1) is 18.9 Å². The van der Waals surface area contributed by atoms with Crippen molar-refractivity contribution in [2.75, 3.05) is 26.5 Å². The summed E-state index contributed by atoms with van der Waals surface area (Å²) in [6.07, 6.45) is 2.05. The molecule has 2 rings (SSSR count). The minimum absolute atomic E-state index is 0.243. The second kappa shape index (κ2) is 7.30. The standard InChI is InChI=1S/C16H23N3O3S/c1-12-11-19(23(3,20)21)7-6-15(12)18-10-13-4-5-16(22-2)14(8-13)9-17/h4-5,8,12,15,18H,6-7,10-11H2,1-3H3/t12-,15+/m1/s1. The van der Waals surface area contributed by atoms with E-state index >= 15 is 0 Å². The van der Waals surface area contributed by atoms with Crippen LogP contribution in [0.15, 0.2) is 18.2 Å². The van der Waals surface area contributed by atoms with Crippen molar-refractivity contribution in [2.45, 2.75) is 25.9 Å². The minimum Gasteiger partial charge on any atom is -0.495 e. The van der Waals surface area contributed by atoms with Gasteiger partial charge in [-0.3, -0.25) is 0 Å². The van der Waals surface area contributed by atoms with Gasteiger partial charge in [-0.25, -0.2) is 12.7 Å². The molecular weight excluding hydrogens is 314 g/mol. The monoisotopic (exact) mass is 337 g/mol. The molecule has 0 amide bonds. The van der Waals surface area contributed by atoms with Crippen LogP contribution in [0.4, 0.5) is 0 Å². The summed E-state index contributed by atoms with van der Waals surface area (Å²) >= 11 is 0. The summed E-state index contributed by atoms with van der Waals surface area (Å²) in [5.74, 6) is 0.818. The van der Waals surface area contributed by atoms with Crippen molar-refractivity contribution in [3.05, 3.63) is 29.3 Å². The summed E-state index contributed by atoms with van der Waals surface area (Å²) < 4.78 is 29.9. The highest BCUT2D eigenvalue weighted by molar-refractivity contribution is 7.88. The van der Waals surface area contributed by atoms with Gasteiger partial charge in [-0.1, -0.05) is 13.0 Å². The van der Waals surface area contributed by atoms with Crippen molar-refractivity contribution in [3.8, 4) is 11.8 Å². The molecule has 7 heteroatoms. The van der Waals surface area contributed by atoms with E-state index in [0.717, 1.165) is 12.0 Å². The lowest BCUT2D eigenvalue weighted by molar-refractivity contribution is 0.220. The first-order valence-corrected chi connectivity index (χ1v) is 9.45. The molecule has 23 heavy (non-hydrogen) atoms. The Hall–Kier alpha value is -1.62. The molecule has 126 valence electrons. The fourth-order valence-electron chi connectivity index (χ4n) is 2.91. The number of piperidine rings is 1. The Labute approximate surface area is 138 Å². The lowest BCUT2D eigenvalue weighted by Gasteiger charge is -2.36. The Balaban J connectivity index is 1.96. The van der Waals surface area contributed by atoms with Crippen LogP contribution in [0.2, 0.25) is 0 Å². The second-order valence-corrected chi connectivity index (χ2v) is 8.00. The zero-order chi connectivity index (χ0) is 17.0. The van der Waals surface area contributed by atoms with Crippen LogP contribution in [-0.2, 0) is 16.6 Å². The lowest BCUT2D eigenvalue weighted by Crippen LogP contribution is -2.49. The summed E-state index contributed by atoms with van der Waals surface area (Å²) in [4.78, 5) is 0. The number of sulfonamides is 1. The molecule has 0 spiro atoms. The highest BCUT2D eigenvalue weighted by atomic mass is 32.2. The van der Waals surface area contributed by atoms with Crippen LogP contribution in [0, 0.1) is 17.2 Å². The SMILES string of the molecule is COc1ccc(CN[C@H]2CCN(S(C)(=O)=O)C[C@H]2C)cc1C#N. The van der Waals surface area contributed by atoms with Gasteiger partial charge in [0.25, 0.3) is 0 Å². The summed E-state index contributed by atoms with van der Waals surface area (Å²) in [5.41, 5.74) is 1.53. The maximum atomic E-state index is 11.6. The topological polar surface area (TPSA) is 82.4 Å². The van der Waals surface area contributed by atoms with Crippen molar-refractivity contribution in [1.29, 1.82) is 5.26 Å². The molecule has 2 atom stereocenters. The molecule has 0 aliphatic carbocycles. The van der Waals surface area contributed by atoms with Crippen molar-refractivity contribution in [1.82, 2.24) is 9.62 Å². The molecule has 0 saturated carbocycles. The number of nitriles is 1. The van der Waals surface area contributed by atoms with Crippen molar-refractivity contribution in [2.24, 2.45) is 5.92 Å². The van der Waals surface area contributed by atoms with E-state index in [9.17, 15) is 8.42 Å². The fraction of sp³-hybridized carbons (Fsp3) is 0.562. The third kappa shape index (κ3) is 4.44. The summed E-state index contributed by atoms with van der Waals surface area (Å²) in [6, 6.07) is 7.95. The molecule has 6 nitrogen and oxygen atoms in total. The fourth-order valence-corrected chi connectivity index (χ4v) is 3.86. The van der Waals surface area contributed by atoms with Crippen LogP contribution in [0.1, 0.15) is 24.5 Å². The van der Waals surface area contributed by atoms with Gasteiger partial charge in [0.15, 0.2) is 0 Å². The number of nitrogens with zero attached hydrogens (tertiary/aromatic N) is 2. The first kappa shape index (κ1) is 17.7.